The summed E-state index contributed by atoms with van der Waals surface area (Å²) >= 11 is 0. The Morgan fingerprint density at radius 1 is 0.900 bits per heavy atom. The van der Waals surface area contributed by atoms with Crippen molar-refractivity contribution in [2.24, 2.45) is 4.99 Å². The van der Waals surface area contributed by atoms with Crippen LogP contribution in [0.2, 0.25) is 0 Å². The zero-order valence-corrected chi connectivity index (χ0v) is 21.5. The predicted molar refractivity (Wildman–Crippen MR) is 135 cm³/mol. The molecule has 0 amide bonds. The van der Waals surface area contributed by atoms with Gasteiger partial charge in [0.15, 0.2) is 5.96 Å². The van der Waals surface area contributed by atoms with E-state index in [0.29, 0.717) is 24.6 Å². The maximum Gasteiger partial charge on any atom is 0.241 e. The Kier molecular flexibility index (Phi) is 10.3. The molecule has 0 bridgehead atoms. The van der Waals surface area contributed by atoms with Gasteiger partial charge in [-0.05, 0) is 49.9 Å². The summed E-state index contributed by atoms with van der Waals surface area (Å²) in [7, 11) is -1.92. The molecule has 3 N–H and O–H groups in total. The molecular weight excluding hydrogens is 511 g/mol. The Morgan fingerprint density at radius 2 is 1.40 bits per heavy atom. The number of benzene rings is 2. The van der Waals surface area contributed by atoms with Crippen LogP contribution in [0.1, 0.15) is 44.4 Å². The van der Waals surface area contributed by atoms with Gasteiger partial charge in [0.2, 0.25) is 10.0 Å². The van der Waals surface area contributed by atoms with E-state index in [1.807, 2.05) is 45.0 Å². The van der Waals surface area contributed by atoms with E-state index in [1.165, 1.54) is 11.1 Å². The molecule has 0 saturated heterocycles. The number of hydrogen-bond acceptors (Lipinski definition) is 3. The second-order valence-electron chi connectivity index (χ2n) is 7.86. The van der Waals surface area contributed by atoms with E-state index in [4.69, 9.17) is 0 Å². The maximum absolute atomic E-state index is 12.8. The van der Waals surface area contributed by atoms with Gasteiger partial charge in [0.25, 0.3) is 0 Å². The van der Waals surface area contributed by atoms with E-state index >= 15 is 0 Å². The monoisotopic (exact) mass is 544 g/mol. The number of nitrogens with one attached hydrogen (secondary N) is 3. The molecule has 8 heteroatoms. The number of aliphatic imine (C=N–C) groups is 1. The van der Waals surface area contributed by atoms with Crippen LogP contribution in [0.5, 0.6) is 0 Å². The molecule has 0 heterocycles. The summed E-state index contributed by atoms with van der Waals surface area (Å²) in [6.45, 7) is 8.60. The quantitative estimate of drug-likeness (QED) is 0.281. The summed E-state index contributed by atoms with van der Waals surface area (Å²) in [4.78, 5) is 4.53. The van der Waals surface area contributed by atoms with Crippen molar-refractivity contribution in [3.8, 4) is 0 Å². The van der Waals surface area contributed by atoms with Gasteiger partial charge in [-0.25, -0.2) is 13.1 Å². The largest absolute Gasteiger partial charge is 0.352 e. The van der Waals surface area contributed by atoms with Crippen LogP contribution in [0.4, 0.5) is 0 Å². The Balaban J connectivity index is 0.00000450. The molecule has 0 aromatic heterocycles. The molecular formula is C22H33IN4O2S. The fraction of sp³-hybridized carbons (Fsp3) is 0.409. The van der Waals surface area contributed by atoms with E-state index in [-0.39, 0.29) is 28.9 Å². The molecule has 0 aliphatic rings. The van der Waals surface area contributed by atoms with Gasteiger partial charge in [0, 0.05) is 25.7 Å². The average Bonchev–Trinajstić information content (AvgIpc) is 2.66. The van der Waals surface area contributed by atoms with Crippen molar-refractivity contribution >= 4 is 40.0 Å². The molecule has 30 heavy (non-hydrogen) atoms. The van der Waals surface area contributed by atoms with E-state index in [1.54, 1.807) is 19.2 Å². The lowest BCUT2D eigenvalue weighted by Crippen LogP contribution is -2.41. The highest BCUT2D eigenvalue weighted by molar-refractivity contribution is 14.0. The second-order valence-corrected chi connectivity index (χ2v) is 9.52. The molecule has 0 unspecified atom stereocenters. The van der Waals surface area contributed by atoms with Gasteiger partial charge in [0.1, 0.15) is 0 Å². The molecule has 0 spiro atoms. The highest BCUT2D eigenvalue weighted by Gasteiger charge is 2.24. The minimum absolute atomic E-state index is 0. The third-order valence-corrected chi connectivity index (χ3v) is 6.18. The summed E-state index contributed by atoms with van der Waals surface area (Å²) in [5, 5.41) is 6.52. The number of halogens is 1. The zero-order valence-electron chi connectivity index (χ0n) is 18.3. The standard InChI is InChI=1S/C22H32N4O2S.HI/c1-6-17-11-7-8-12-18(17)15-24-21(23-5)25-16-19-13-9-10-14-20(19)29(27,28)26-22(2,3)4;/h7-14,26H,6,15-16H2,1-5H3,(H2,23,24,25);1H. The average molecular weight is 545 g/mol. The number of guanidine groups is 1. The fourth-order valence-corrected chi connectivity index (χ4v) is 4.68. The normalized spacial score (nSPS) is 12.2. The van der Waals surface area contributed by atoms with Gasteiger partial charge in [-0.1, -0.05) is 49.4 Å². The van der Waals surface area contributed by atoms with Crippen molar-refractivity contribution in [2.75, 3.05) is 7.05 Å². The highest BCUT2D eigenvalue weighted by Crippen LogP contribution is 2.17. The lowest BCUT2D eigenvalue weighted by atomic mass is 10.1. The van der Waals surface area contributed by atoms with Gasteiger partial charge in [-0.15, -0.1) is 24.0 Å². The van der Waals surface area contributed by atoms with E-state index in [9.17, 15) is 8.42 Å². The molecule has 0 aliphatic heterocycles. The first-order valence-corrected chi connectivity index (χ1v) is 11.3. The molecule has 0 atom stereocenters. The van der Waals surface area contributed by atoms with Crippen molar-refractivity contribution < 1.29 is 8.42 Å². The Morgan fingerprint density at radius 3 is 1.93 bits per heavy atom. The third kappa shape index (κ3) is 7.88. The summed E-state index contributed by atoms with van der Waals surface area (Å²) < 4.78 is 28.3. The first-order chi connectivity index (χ1) is 13.7. The Hall–Kier alpha value is -1.65. The van der Waals surface area contributed by atoms with Gasteiger partial charge < -0.3 is 10.6 Å². The van der Waals surface area contributed by atoms with Gasteiger partial charge in [-0.2, -0.15) is 0 Å². The number of sulfonamides is 1. The van der Waals surface area contributed by atoms with Crippen LogP contribution in [0.3, 0.4) is 0 Å². The molecule has 2 aromatic rings. The smallest absolute Gasteiger partial charge is 0.241 e. The lowest BCUT2D eigenvalue weighted by Gasteiger charge is -2.22. The molecule has 0 fully saturated rings. The Labute approximate surface area is 198 Å². The lowest BCUT2D eigenvalue weighted by molar-refractivity contribution is 0.491. The van der Waals surface area contributed by atoms with Crippen LogP contribution in [-0.2, 0) is 29.5 Å². The van der Waals surface area contributed by atoms with Crippen LogP contribution in [-0.4, -0.2) is 27.0 Å². The van der Waals surface area contributed by atoms with Crippen molar-refractivity contribution in [1.82, 2.24) is 15.4 Å². The SMILES string of the molecule is CCc1ccccc1CNC(=NC)NCc1ccccc1S(=O)(=O)NC(C)(C)C.I. The maximum atomic E-state index is 12.8. The van der Waals surface area contributed by atoms with Crippen molar-refractivity contribution in [3.05, 3.63) is 65.2 Å². The molecule has 0 aliphatic carbocycles. The molecule has 0 radical (unpaired) electrons. The minimum Gasteiger partial charge on any atom is -0.352 e. The highest BCUT2D eigenvalue weighted by atomic mass is 127. The van der Waals surface area contributed by atoms with E-state index in [2.05, 4.69) is 39.4 Å². The van der Waals surface area contributed by atoms with Crippen molar-refractivity contribution in [2.45, 2.75) is 57.6 Å². The molecule has 0 saturated carbocycles. The van der Waals surface area contributed by atoms with Crippen LogP contribution in [0.15, 0.2) is 58.4 Å². The third-order valence-electron chi connectivity index (χ3n) is 4.32. The summed E-state index contributed by atoms with van der Waals surface area (Å²) in [5.41, 5.74) is 2.64. The van der Waals surface area contributed by atoms with Crippen molar-refractivity contribution in [1.29, 1.82) is 0 Å². The van der Waals surface area contributed by atoms with Crippen molar-refractivity contribution in [3.63, 3.8) is 0 Å². The van der Waals surface area contributed by atoms with E-state index < -0.39 is 15.6 Å². The zero-order chi connectivity index (χ0) is 21.5. The number of nitrogens with zero attached hydrogens (tertiary/aromatic N) is 1. The summed E-state index contributed by atoms with van der Waals surface area (Å²) in [5.74, 6) is 0.617. The number of aryl methyl sites for hydroxylation is 1. The first kappa shape index (κ1) is 26.4. The molecule has 166 valence electrons. The molecule has 6 nitrogen and oxygen atoms in total. The number of rotatable bonds is 7. The molecule has 2 rings (SSSR count). The van der Waals surface area contributed by atoms with Crippen LogP contribution in [0.25, 0.3) is 0 Å². The molecule has 2 aromatic carbocycles. The summed E-state index contributed by atoms with van der Waals surface area (Å²) in [6, 6.07) is 15.3. The first-order valence-electron chi connectivity index (χ1n) is 9.79. The topological polar surface area (TPSA) is 82.6 Å². The summed E-state index contributed by atoms with van der Waals surface area (Å²) in [6.07, 6.45) is 0.968. The predicted octanol–water partition coefficient (Wildman–Crippen LogP) is 3.81. The van der Waals surface area contributed by atoms with Gasteiger partial charge in [0.05, 0.1) is 4.90 Å². The second kappa shape index (κ2) is 11.7. The number of hydrogen-bond donors (Lipinski definition) is 3. The fourth-order valence-electron chi connectivity index (χ4n) is 3.02. The van der Waals surface area contributed by atoms with Gasteiger partial charge in [-0.3, -0.25) is 4.99 Å². The van der Waals surface area contributed by atoms with Gasteiger partial charge >= 0.3 is 0 Å². The Bertz CT molecular complexity index is 954. The van der Waals surface area contributed by atoms with E-state index in [0.717, 1.165) is 6.42 Å². The van der Waals surface area contributed by atoms with Crippen LogP contribution >= 0.6 is 24.0 Å². The van der Waals surface area contributed by atoms with Crippen LogP contribution in [0, 0.1) is 0 Å². The minimum atomic E-state index is -3.62. The van der Waals surface area contributed by atoms with Crippen LogP contribution < -0.4 is 15.4 Å².